The molecule has 1 aromatic heterocycles. The maximum atomic E-state index is 12.4. The van der Waals surface area contributed by atoms with E-state index in [1.807, 2.05) is 78.3 Å². The Kier molecular flexibility index (Phi) is 4.07. The normalized spacial score (nSPS) is 10.7. The van der Waals surface area contributed by atoms with Crippen molar-refractivity contribution in [3.8, 4) is 11.4 Å². The van der Waals surface area contributed by atoms with Crippen molar-refractivity contribution in [1.29, 1.82) is 0 Å². The fourth-order valence-corrected chi connectivity index (χ4v) is 2.90. The molecule has 0 saturated carbocycles. The van der Waals surface area contributed by atoms with E-state index in [1.54, 1.807) is 6.33 Å². The average molecular weight is 343 g/mol. The smallest absolute Gasteiger partial charge is 0.317 e. The van der Waals surface area contributed by atoms with Gasteiger partial charge in [0.1, 0.15) is 6.33 Å². The number of rotatable bonds is 3. The molecule has 0 unspecified atom stereocenters. The van der Waals surface area contributed by atoms with Crippen molar-refractivity contribution in [2.45, 2.75) is 0 Å². The number of hydrogen-bond donors (Lipinski definition) is 2. The van der Waals surface area contributed by atoms with Crippen LogP contribution in [-0.2, 0) is 7.05 Å². The van der Waals surface area contributed by atoms with Gasteiger partial charge >= 0.3 is 6.03 Å². The third-order valence-electron chi connectivity index (χ3n) is 4.13. The third kappa shape index (κ3) is 3.12. The molecule has 4 rings (SSSR count). The Morgan fingerprint density at radius 2 is 1.77 bits per heavy atom. The Morgan fingerprint density at radius 1 is 0.962 bits per heavy atom. The lowest BCUT2D eigenvalue weighted by molar-refractivity contribution is 0.262. The van der Waals surface area contributed by atoms with E-state index in [9.17, 15) is 4.79 Å². The molecule has 6 nitrogen and oxygen atoms in total. The lowest BCUT2D eigenvalue weighted by Crippen LogP contribution is -2.19. The van der Waals surface area contributed by atoms with Gasteiger partial charge in [0.15, 0.2) is 5.82 Å². The Labute approximate surface area is 150 Å². The van der Waals surface area contributed by atoms with Gasteiger partial charge in [-0.15, -0.1) is 10.2 Å². The number of carbonyl (C=O) groups is 1. The van der Waals surface area contributed by atoms with Gasteiger partial charge in [-0.2, -0.15) is 0 Å². The van der Waals surface area contributed by atoms with Crippen LogP contribution in [0.1, 0.15) is 0 Å². The summed E-state index contributed by atoms with van der Waals surface area (Å²) >= 11 is 0. The van der Waals surface area contributed by atoms with Gasteiger partial charge in [0.05, 0.1) is 5.69 Å². The fourth-order valence-electron chi connectivity index (χ4n) is 2.90. The van der Waals surface area contributed by atoms with Crippen LogP contribution in [0.15, 0.2) is 73.1 Å². The molecule has 0 atom stereocenters. The minimum Gasteiger partial charge on any atom is -0.317 e. The molecule has 0 radical (unpaired) electrons. The van der Waals surface area contributed by atoms with E-state index in [0.717, 1.165) is 27.8 Å². The summed E-state index contributed by atoms with van der Waals surface area (Å²) < 4.78 is 1.83. The fraction of sp³-hybridized carbons (Fsp3) is 0.0500. The van der Waals surface area contributed by atoms with E-state index in [4.69, 9.17) is 0 Å². The van der Waals surface area contributed by atoms with Crippen molar-refractivity contribution in [3.63, 3.8) is 0 Å². The zero-order valence-corrected chi connectivity index (χ0v) is 14.2. The van der Waals surface area contributed by atoms with Crippen molar-refractivity contribution < 1.29 is 4.79 Å². The van der Waals surface area contributed by atoms with Crippen LogP contribution < -0.4 is 10.6 Å². The van der Waals surface area contributed by atoms with Crippen LogP contribution in [0.2, 0.25) is 0 Å². The molecular weight excluding hydrogens is 326 g/mol. The largest absolute Gasteiger partial charge is 0.323 e. The quantitative estimate of drug-likeness (QED) is 0.583. The van der Waals surface area contributed by atoms with E-state index < -0.39 is 0 Å². The third-order valence-corrected chi connectivity index (χ3v) is 4.13. The SMILES string of the molecule is Cn1cnnc1-c1cccc(NC(=O)Nc2cccc3ccccc23)c1. The number of urea groups is 1. The number of anilines is 2. The second-order valence-electron chi connectivity index (χ2n) is 5.95. The molecule has 0 aliphatic carbocycles. The molecule has 3 aromatic carbocycles. The molecular formula is C20H17N5O. The van der Waals surface area contributed by atoms with Crippen LogP contribution >= 0.6 is 0 Å². The van der Waals surface area contributed by atoms with Crippen LogP contribution in [0.4, 0.5) is 16.2 Å². The van der Waals surface area contributed by atoms with Gasteiger partial charge in [0, 0.05) is 23.7 Å². The predicted molar refractivity (Wildman–Crippen MR) is 103 cm³/mol. The number of hydrogen-bond acceptors (Lipinski definition) is 3. The number of nitrogens with one attached hydrogen (secondary N) is 2. The van der Waals surface area contributed by atoms with Crippen molar-refractivity contribution in [3.05, 3.63) is 73.1 Å². The Balaban J connectivity index is 1.54. The minimum atomic E-state index is -0.295. The number of nitrogens with zero attached hydrogens (tertiary/aromatic N) is 3. The number of aromatic nitrogens is 3. The summed E-state index contributed by atoms with van der Waals surface area (Å²) in [6.45, 7) is 0. The summed E-state index contributed by atoms with van der Waals surface area (Å²) in [5.41, 5.74) is 2.33. The number of aryl methyl sites for hydroxylation is 1. The first-order chi connectivity index (χ1) is 12.7. The highest BCUT2D eigenvalue weighted by molar-refractivity contribution is 6.06. The van der Waals surface area contributed by atoms with Crippen molar-refractivity contribution >= 4 is 28.2 Å². The first-order valence-electron chi connectivity index (χ1n) is 8.21. The molecule has 0 bridgehead atoms. The minimum absolute atomic E-state index is 0.295. The van der Waals surface area contributed by atoms with E-state index >= 15 is 0 Å². The Hall–Kier alpha value is -3.67. The molecule has 4 aromatic rings. The standard InChI is InChI=1S/C20H17N5O/c1-25-13-21-24-19(25)15-8-4-9-16(12-15)22-20(26)23-18-11-5-7-14-6-2-3-10-17(14)18/h2-13H,1H3,(H2,22,23,26). The lowest BCUT2D eigenvalue weighted by Gasteiger charge is -2.11. The van der Waals surface area contributed by atoms with E-state index in [2.05, 4.69) is 20.8 Å². The molecule has 0 saturated heterocycles. The zero-order valence-electron chi connectivity index (χ0n) is 14.2. The molecule has 0 spiro atoms. The van der Waals surface area contributed by atoms with Gasteiger partial charge < -0.3 is 15.2 Å². The highest BCUT2D eigenvalue weighted by Gasteiger charge is 2.08. The summed E-state index contributed by atoms with van der Waals surface area (Å²) in [4.78, 5) is 12.4. The summed E-state index contributed by atoms with van der Waals surface area (Å²) in [6.07, 6.45) is 1.64. The van der Waals surface area contributed by atoms with Crippen LogP contribution in [-0.4, -0.2) is 20.8 Å². The first-order valence-corrected chi connectivity index (χ1v) is 8.21. The van der Waals surface area contributed by atoms with Gasteiger partial charge in [-0.25, -0.2) is 4.79 Å². The van der Waals surface area contributed by atoms with Crippen molar-refractivity contribution in [2.75, 3.05) is 10.6 Å². The molecule has 0 aliphatic rings. The molecule has 0 fully saturated rings. The molecule has 2 amide bonds. The number of carbonyl (C=O) groups excluding carboxylic acids is 1. The molecule has 6 heteroatoms. The summed E-state index contributed by atoms with van der Waals surface area (Å²) in [7, 11) is 1.88. The number of benzene rings is 3. The molecule has 1 heterocycles. The van der Waals surface area contributed by atoms with Crippen molar-refractivity contribution in [1.82, 2.24) is 14.8 Å². The van der Waals surface area contributed by atoms with Gasteiger partial charge in [-0.05, 0) is 23.6 Å². The second kappa shape index (κ2) is 6.68. The van der Waals surface area contributed by atoms with Gasteiger partial charge in [-0.3, -0.25) is 0 Å². The molecule has 2 N–H and O–H groups in total. The topological polar surface area (TPSA) is 71.8 Å². The van der Waals surface area contributed by atoms with Gasteiger partial charge in [0.25, 0.3) is 0 Å². The van der Waals surface area contributed by atoms with Crippen LogP contribution in [0, 0.1) is 0 Å². The van der Waals surface area contributed by atoms with E-state index in [0.29, 0.717) is 5.69 Å². The zero-order chi connectivity index (χ0) is 17.9. The molecule has 128 valence electrons. The van der Waals surface area contributed by atoms with Crippen LogP contribution in [0.5, 0.6) is 0 Å². The van der Waals surface area contributed by atoms with Gasteiger partial charge in [-0.1, -0.05) is 48.5 Å². The number of fused-ring (bicyclic) bond motifs is 1. The van der Waals surface area contributed by atoms with E-state index in [1.165, 1.54) is 0 Å². The summed E-state index contributed by atoms with van der Waals surface area (Å²) in [5.74, 6) is 0.739. The highest BCUT2D eigenvalue weighted by Crippen LogP contribution is 2.24. The second-order valence-corrected chi connectivity index (χ2v) is 5.95. The van der Waals surface area contributed by atoms with Crippen LogP contribution in [0.25, 0.3) is 22.2 Å². The molecule has 0 aliphatic heterocycles. The summed E-state index contributed by atoms with van der Waals surface area (Å²) in [6, 6.07) is 21.0. The van der Waals surface area contributed by atoms with Crippen molar-refractivity contribution in [2.24, 2.45) is 7.05 Å². The Bertz CT molecular complexity index is 1080. The first kappa shape index (κ1) is 15.8. The predicted octanol–water partition coefficient (Wildman–Crippen LogP) is 4.28. The highest BCUT2D eigenvalue weighted by atomic mass is 16.2. The van der Waals surface area contributed by atoms with Crippen LogP contribution in [0.3, 0.4) is 0 Å². The lowest BCUT2D eigenvalue weighted by atomic mass is 10.1. The maximum absolute atomic E-state index is 12.4. The maximum Gasteiger partial charge on any atom is 0.323 e. The molecule has 26 heavy (non-hydrogen) atoms. The van der Waals surface area contributed by atoms with E-state index in [-0.39, 0.29) is 6.03 Å². The summed E-state index contributed by atoms with van der Waals surface area (Å²) in [5, 5.41) is 15.8. The number of amides is 2. The average Bonchev–Trinajstić information content (AvgIpc) is 3.08. The van der Waals surface area contributed by atoms with Gasteiger partial charge in [0.2, 0.25) is 0 Å². The Morgan fingerprint density at radius 3 is 2.62 bits per heavy atom. The monoisotopic (exact) mass is 343 g/mol.